The Morgan fingerprint density at radius 3 is 3.00 bits per heavy atom. The van der Waals surface area contributed by atoms with Crippen LogP contribution in [-0.4, -0.2) is 16.9 Å². The van der Waals surface area contributed by atoms with E-state index in [0.717, 1.165) is 19.3 Å². The molecule has 0 radical (unpaired) electrons. The number of carbonyl (C=O) groups excluding carboxylic acids is 1. The zero-order chi connectivity index (χ0) is 12.3. The van der Waals surface area contributed by atoms with E-state index < -0.39 is 0 Å². The predicted octanol–water partition coefficient (Wildman–Crippen LogP) is 1.68. The largest absolute Gasteiger partial charge is 0.349 e. The number of aromatic amines is 1. The summed E-state index contributed by atoms with van der Waals surface area (Å²) in [6.45, 7) is 2.20. The summed E-state index contributed by atoms with van der Waals surface area (Å²) in [6, 6.07) is 3.44. The van der Waals surface area contributed by atoms with E-state index in [4.69, 9.17) is 0 Å². The van der Waals surface area contributed by atoms with Crippen LogP contribution in [0.3, 0.4) is 0 Å². The molecule has 1 fully saturated rings. The van der Waals surface area contributed by atoms with Crippen molar-refractivity contribution in [3.05, 3.63) is 34.2 Å². The fraction of sp³-hybridized carbons (Fsp3) is 0.538. The lowest BCUT2D eigenvalue weighted by atomic mass is 9.87. The van der Waals surface area contributed by atoms with E-state index in [-0.39, 0.29) is 23.1 Å². The summed E-state index contributed by atoms with van der Waals surface area (Å²) in [5, 5.41) is 2.95. The third kappa shape index (κ3) is 2.96. The molecule has 4 heteroatoms. The fourth-order valence-electron chi connectivity index (χ4n) is 2.43. The molecule has 2 rings (SSSR count). The van der Waals surface area contributed by atoms with E-state index in [1.54, 1.807) is 12.1 Å². The number of amides is 1. The minimum Gasteiger partial charge on any atom is -0.349 e. The maximum Gasteiger partial charge on any atom is 0.260 e. The average Bonchev–Trinajstić information content (AvgIpc) is 2.29. The molecule has 0 spiro atoms. The van der Waals surface area contributed by atoms with Crippen LogP contribution in [0.4, 0.5) is 0 Å². The van der Waals surface area contributed by atoms with Gasteiger partial charge in [-0.2, -0.15) is 0 Å². The van der Waals surface area contributed by atoms with Gasteiger partial charge in [0.05, 0.1) is 0 Å². The van der Waals surface area contributed by atoms with Crippen LogP contribution in [0, 0.1) is 5.92 Å². The second-order valence-corrected chi connectivity index (χ2v) is 4.86. The molecule has 1 aromatic rings. The number of rotatable bonds is 2. The third-order valence-corrected chi connectivity index (χ3v) is 3.33. The van der Waals surface area contributed by atoms with Crippen LogP contribution in [-0.2, 0) is 0 Å². The normalized spacial score (nSPS) is 24.3. The third-order valence-electron chi connectivity index (χ3n) is 3.33. The van der Waals surface area contributed by atoms with E-state index in [1.165, 1.54) is 12.6 Å². The van der Waals surface area contributed by atoms with Gasteiger partial charge in [0.25, 0.3) is 11.5 Å². The SMILES string of the molecule is C[C@H]1CCC[C@@H](NC(=O)c2ccc[nH]c2=O)C1. The minimum absolute atomic E-state index is 0.200. The molecule has 17 heavy (non-hydrogen) atoms. The van der Waals surface area contributed by atoms with Gasteiger partial charge >= 0.3 is 0 Å². The molecule has 4 nitrogen and oxygen atoms in total. The van der Waals surface area contributed by atoms with Gasteiger partial charge in [0.15, 0.2) is 0 Å². The summed E-state index contributed by atoms with van der Waals surface area (Å²) in [5.41, 5.74) is -0.125. The van der Waals surface area contributed by atoms with Crippen molar-refractivity contribution in [1.82, 2.24) is 10.3 Å². The first-order chi connectivity index (χ1) is 8.16. The van der Waals surface area contributed by atoms with Gasteiger partial charge in [-0.1, -0.05) is 19.8 Å². The standard InChI is InChI=1S/C13H18N2O2/c1-9-4-2-5-10(8-9)15-13(17)11-6-3-7-14-12(11)16/h3,6-7,9-10H,2,4-5,8H2,1H3,(H,14,16)(H,15,17)/t9-,10+/m0/s1. The van der Waals surface area contributed by atoms with Crippen molar-refractivity contribution in [2.24, 2.45) is 5.92 Å². The molecule has 0 aliphatic heterocycles. The van der Waals surface area contributed by atoms with Gasteiger partial charge in [-0.15, -0.1) is 0 Å². The monoisotopic (exact) mass is 234 g/mol. The molecule has 1 aliphatic rings. The second-order valence-electron chi connectivity index (χ2n) is 4.86. The number of aromatic nitrogens is 1. The van der Waals surface area contributed by atoms with Crippen molar-refractivity contribution in [2.75, 3.05) is 0 Å². The van der Waals surface area contributed by atoms with Gasteiger partial charge in [0.1, 0.15) is 5.56 Å². The smallest absolute Gasteiger partial charge is 0.260 e. The Morgan fingerprint density at radius 1 is 1.47 bits per heavy atom. The summed E-state index contributed by atoms with van der Waals surface area (Å²) in [6.07, 6.45) is 5.94. The van der Waals surface area contributed by atoms with Crippen LogP contribution in [0.1, 0.15) is 43.0 Å². The van der Waals surface area contributed by atoms with Gasteiger partial charge < -0.3 is 10.3 Å². The molecular formula is C13H18N2O2. The fourth-order valence-corrected chi connectivity index (χ4v) is 2.43. The van der Waals surface area contributed by atoms with Crippen molar-refractivity contribution in [3.8, 4) is 0 Å². The summed E-state index contributed by atoms with van der Waals surface area (Å²) in [4.78, 5) is 25.9. The molecule has 1 amide bonds. The van der Waals surface area contributed by atoms with Crippen molar-refractivity contribution in [2.45, 2.75) is 38.6 Å². The number of H-pyrrole nitrogens is 1. The van der Waals surface area contributed by atoms with Gasteiger partial charge in [0.2, 0.25) is 0 Å². The highest BCUT2D eigenvalue weighted by Gasteiger charge is 2.21. The van der Waals surface area contributed by atoms with Gasteiger partial charge in [-0.05, 0) is 30.9 Å². The zero-order valence-corrected chi connectivity index (χ0v) is 10.0. The maximum atomic E-state index is 11.9. The lowest BCUT2D eigenvalue weighted by Gasteiger charge is -2.27. The molecule has 0 saturated heterocycles. The molecule has 1 aromatic heterocycles. The lowest BCUT2D eigenvalue weighted by molar-refractivity contribution is 0.0920. The van der Waals surface area contributed by atoms with Gasteiger partial charge in [-0.3, -0.25) is 9.59 Å². The zero-order valence-electron chi connectivity index (χ0n) is 10.0. The Balaban J connectivity index is 2.02. The molecule has 0 bridgehead atoms. The average molecular weight is 234 g/mol. The van der Waals surface area contributed by atoms with Crippen LogP contribution >= 0.6 is 0 Å². The van der Waals surface area contributed by atoms with Crippen LogP contribution in [0.25, 0.3) is 0 Å². The van der Waals surface area contributed by atoms with Gasteiger partial charge in [0, 0.05) is 12.2 Å². The Morgan fingerprint density at radius 2 is 2.29 bits per heavy atom. The molecule has 0 aromatic carbocycles. The van der Waals surface area contributed by atoms with Crippen LogP contribution in [0.5, 0.6) is 0 Å². The minimum atomic E-state index is -0.325. The number of hydrogen-bond acceptors (Lipinski definition) is 2. The van der Waals surface area contributed by atoms with E-state index in [2.05, 4.69) is 17.2 Å². The maximum absolute atomic E-state index is 11.9. The molecule has 1 heterocycles. The summed E-state index contributed by atoms with van der Waals surface area (Å²) >= 11 is 0. The van der Waals surface area contributed by atoms with Crippen LogP contribution in [0.15, 0.2) is 23.1 Å². The predicted molar refractivity (Wildman–Crippen MR) is 65.9 cm³/mol. The van der Waals surface area contributed by atoms with Crippen LogP contribution in [0.2, 0.25) is 0 Å². The lowest BCUT2D eigenvalue weighted by Crippen LogP contribution is -2.39. The number of carbonyl (C=O) groups is 1. The number of pyridine rings is 1. The Labute approximate surface area is 100 Å². The van der Waals surface area contributed by atoms with Crippen molar-refractivity contribution >= 4 is 5.91 Å². The molecule has 2 atom stereocenters. The van der Waals surface area contributed by atoms with Crippen molar-refractivity contribution in [1.29, 1.82) is 0 Å². The van der Waals surface area contributed by atoms with Crippen molar-refractivity contribution < 1.29 is 4.79 Å². The summed E-state index contributed by atoms with van der Waals surface area (Å²) in [5.74, 6) is 0.397. The van der Waals surface area contributed by atoms with E-state index >= 15 is 0 Å². The Bertz CT molecular complexity index is 453. The topological polar surface area (TPSA) is 62.0 Å². The van der Waals surface area contributed by atoms with Crippen molar-refractivity contribution in [3.63, 3.8) is 0 Å². The van der Waals surface area contributed by atoms with E-state index in [0.29, 0.717) is 5.92 Å². The second kappa shape index (κ2) is 5.17. The summed E-state index contributed by atoms with van der Waals surface area (Å²) < 4.78 is 0. The number of hydrogen-bond donors (Lipinski definition) is 2. The highest BCUT2D eigenvalue weighted by atomic mass is 16.2. The van der Waals surface area contributed by atoms with E-state index in [9.17, 15) is 9.59 Å². The van der Waals surface area contributed by atoms with Gasteiger partial charge in [-0.25, -0.2) is 0 Å². The van der Waals surface area contributed by atoms with Crippen LogP contribution < -0.4 is 10.9 Å². The Kier molecular flexibility index (Phi) is 3.61. The molecule has 92 valence electrons. The quantitative estimate of drug-likeness (QED) is 0.818. The molecule has 1 saturated carbocycles. The number of nitrogens with one attached hydrogen (secondary N) is 2. The molecule has 2 N–H and O–H groups in total. The Hall–Kier alpha value is -1.58. The molecule has 1 aliphatic carbocycles. The first-order valence-corrected chi connectivity index (χ1v) is 6.15. The first-order valence-electron chi connectivity index (χ1n) is 6.15. The highest BCUT2D eigenvalue weighted by Crippen LogP contribution is 2.23. The van der Waals surface area contributed by atoms with E-state index in [1.807, 2.05) is 0 Å². The first kappa shape index (κ1) is 11.9. The summed E-state index contributed by atoms with van der Waals surface area (Å²) in [7, 11) is 0. The highest BCUT2D eigenvalue weighted by molar-refractivity contribution is 5.93. The molecular weight excluding hydrogens is 216 g/mol. The molecule has 0 unspecified atom stereocenters.